The molecule has 1 atom stereocenters. The molecule has 2 rings (SSSR count). The average molecular weight is 325 g/mol. The standard InChI is InChI=1S/C15H17ClN2O2S/c1-11(14-7-3-4-9-17-14)18-10-12-13(16)6-5-8-15(12)21(2,19)20/h3-9,11,18H,10H2,1-2H3. The largest absolute Gasteiger partial charge is 0.305 e. The van der Waals surface area contributed by atoms with Gasteiger partial charge in [0.05, 0.1) is 10.6 Å². The average Bonchev–Trinajstić information content (AvgIpc) is 2.45. The zero-order valence-electron chi connectivity index (χ0n) is 11.9. The van der Waals surface area contributed by atoms with Crippen LogP contribution in [0.25, 0.3) is 0 Å². The van der Waals surface area contributed by atoms with Gasteiger partial charge in [0.25, 0.3) is 0 Å². The van der Waals surface area contributed by atoms with E-state index in [0.29, 0.717) is 17.1 Å². The van der Waals surface area contributed by atoms with Gasteiger partial charge in [-0.1, -0.05) is 23.7 Å². The van der Waals surface area contributed by atoms with Crippen LogP contribution in [0.15, 0.2) is 47.5 Å². The van der Waals surface area contributed by atoms with E-state index in [1.54, 1.807) is 24.4 Å². The van der Waals surface area contributed by atoms with E-state index < -0.39 is 9.84 Å². The fraction of sp³-hybridized carbons (Fsp3) is 0.267. The Morgan fingerprint density at radius 2 is 2.00 bits per heavy atom. The van der Waals surface area contributed by atoms with Gasteiger partial charge in [0.1, 0.15) is 0 Å². The lowest BCUT2D eigenvalue weighted by Crippen LogP contribution is -2.20. The van der Waals surface area contributed by atoms with Gasteiger partial charge < -0.3 is 5.32 Å². The molecule has 21 heavy (non-hydrogen) atoms. The Morgan fingerprint density at radius 3 is 2.62 bits per heavy atom. The van der Waals surface area contributed by atoms with E-state index in [1.165, 1.54) is 6.26 Å². The van der Waals surface area contributed by atoms with Crippen LogP contribution in [-0.4, -0.2) is 19.7 Å². The van der Waals surface area contributed by atoms with E-state index in [4.69, 9.17) is 11.6 Å². The highest BCUT2D eigenvalue weighted by atomic mass is 35.5. The molecule has 0 aliphatic heterocycles. The number of hydrogen-bond acceptors (Lipinski definition) is 4. The van der Waals surface area contributed by atoms with Crippen molar-refractivity contribution in [3.63, 3.8) is 0 Å². The van der Waals surface area contributed by atoms with Crippen LogP contribution in [0.2, 0.25) is 5.02 Å². The van der Waals surface area contributed by atoms with Gasteiger partial charge in [0, 0.05) is 35.6 Å². The SMILES string of the molecule is CC(NCc1c(Cl)cccc1S(C)(=O)=O)c1ccccn1. The van der Waals surface area contributed by atoms with E-state index >= 15 is 0 Å². The van der Waals surface area contributed by atoms with Crippen LogP contribution in [0.3, 0.4) is 0 Å². The molecule has 1 aromatic carbocycles. The number of pyridine rings is 1. The Kier molecular flexibility index (Phi) is 4.98. The van der Waals surface area contributed by atoms with Crippen molar-refractivity contribution in [2.24, 2.45) is 0 Å². The second-order valence-corrected chi connectivity index (χ2v) is 7.24. The van der Waals surface area contributed by atoms with Gasteiger partial charge in [-0.05, 0) is 31.2 Å². The molecule has 0 aliphatic rings. The van der Waals surface area contributed by atoms with Crippen molar-refractivity contribution in [1.29, 1.82) is 0 Å². The normalized spacial score (nSPS) is 13.1. The number of hydrogen-bond donors (Lipinski definition) is 1. The van der Waals surface area contributed by atoms with Crippen molar-refractivity contribution in [3.05, 3.63) is 58.9 Å². The lowest BCUT2D eigenvalue weighted by atomic mass is 10.1. The summed E-state index contributed by atoms with van der Waals surface area (Å²) in [4.78, 5) is 4.53. The minimum atomic E-state index is -3.31. The predicted octanol–water partition coefficient (Wildman–Crippen LogP) is 2.99. The van der Waals surface area contributed by atoms with Crippen molar-refractivity contribution in [3.8, 4) is 0 Å². The molecule has 0 amide bonds. The Bertz CT molecular complexity index is 718. The molecular formula is C15H17ClN2O2S. The summed E-state index contributed by atoms with van der Waals surface area (Å²) in [7, 11) is -3.31. The molecule has 0 saturated heterocycles. The summed E-state index contributed by atoms with van der Waals surface area (Å²) in [6.07, 6.45) is 2.91. The zero-order valence-corrected chi connectivity index (χ0v) is 13.4. The minimum absolute atomic E-state index is 0.00474. The Hall–Kier alpha value is -1.43. The Morgan fingerprint density at radius 1 is 1.24 bits per heavy atom. The van der Waals surface area contributed by atoms with E-state index in [2.05, 4.69) is 10.3 Å². The summed E-state index contributed by atoms with van der Waals surface area (Å²) < 4.78 is 23.6. The molecule has 2 aromatic rings. The molecule has 0 saturated carbocycles. The smallest absolute Gasteiger partial charge is 0.175 e. The maximum atomic E-state index is 11.8. The molecule has 0 aliphatic carbocycles. The molecule has 0 fully saturated rings. The first-order valence-electron chi connectivity index (χ1n) is 6.51. The fourth-order valence-electron chi connectivity index (χ4n) is 2.05. The monoisotopic (exact) mass is 324 g/mol. The summed E-state index contributed by atoms with van der Waals surface area (Å²) in [5.41, 5.74) is 1.48. The van der Waals surface area contributed by atoms with Crippen LogP contribution in [-0.2, 0) is 16.4 Å². The number of rotatable bonds is 5. The number of aromatic nitrogens is 1. The molecule has 4 nitrogen and oxygen atoms in total. The topological polar surface area (TPSA) is 59.1 Å². The second kappa shape index (κ2) is 6.56. The molecular weight excluding hydrogens is 308 g/mol. The highest BCUT2D eigenvalue weighted by Crippen LogP contribution is 2.24. The van der Waals surface area contributed by atoms with Crippen molar-refractivity contribution >= 4 is 21.4 Å². The van der Waals surface area contributed by atoms with Crippen LogP contribution in [0.4, 0.5) is 0 Å². The number of halogens is 1. The molecule has 1 unspecified atom stereocenters. The van der Waals surface area contributed by atoms with Crippen LogP contribution >= 0.6 is 11.6 Å². The summed E-state index contributed by atoms with van der Waals surface area (Å²) >= 11 is 6.14. The van der Waals surface area contributed by atoms with Crippen LogP contribution in [0.1, 0.15) is 24.2 Å². The van der Waals surface area contributed by atoms with Crippen LogP contribution in [0.5, 0.6) is 0 Å². The van der Waals surface area contributed by atoms with Gasteiger partial charge >= 0.3 is 0 Å². The molecule has 6 heteroatoms. The Balaban J connectivity index is 2.21. The van der Waals surface area contributed by atoms with E-state index in [0.717, 1.165) is 5.69 Å². The van der Waals surface area contributed by atoms with Gasteiger partial charge in [-0.15, -0.1) is 0 Å². The first-order chi connectivity index (χ1) is 9.89. The van der Waals surface area contributed by atoms with Gasteiger partial charge in [0.2, 0.25) is 0 Å². The third-order valence-electron chi connectivity index (χ3n) is 3.19. The van der Waals surface area contributed by atoms with Crippen molar-refractivity contribution in [2.75, 3.05) is 6.26 Å². The molecule has 1 N–H and O–H groups in total. The van der Waals surface area contributed by atoms with Crippen LogP contribution < -0.4 is 5.32 Å². The lowest BCUT2D eigenvalue weighted by molar-refractivity contribution is 0.554. The van der Waals surface area contributed by atoms with Gasteiger partial charge in [-0.25, -0.2) is 8.42 Å². The van der Waals surface area contributed by atoms with Crippen molar-refractivity contribution in [2.45, 2.75) is 24.4 Å². The molecule has 0 spiro atoms. The highest BCUT2D eigenvalue weighted by Gasteiger charge is 2.16. The molecule has 0 radical (unpaired) electrons. The first kappa shape index (κ1) is 15.9. The maximum absolute atomic E-state index is 11.8. The minimum Gasteiger partial charge on any atom is -0.305 e. The first-order valence-corrected chi connectivity index (χ1v) is 8.78. The highest BCUT2D eigenvalue weighted by molar-refractivity contribution is 7.90. The number of sulfone groups is 1. The second-order valence-electron chi connectivity index (χ2n) is 4.85. The summed E-state index contributed by atoms with van der Waals surface area (Å²) in [6.45, 7) is 2.33. The van der Waals surface area contributed by atoms with Gasteiger partial charge in [-0.3, -0.25) is 4.98 Å². The predicted molar refractivity (Wildman–Crippen MR) is 84.1 cm³/mol. The summed E-state index contributed by atoms with van der Waals surface area (Å²) in [6, 6.07) is 10.6. The maximum Gasteiger partial charge on any atom is 0.175 e. The van der Waals surface area contributed by atoms with Gasteiger partial charge in [-0.2, -0.15) is 0 Å². The fourth-order valence-corrected chi connectivity index (χ4v) is 3.30. The van der Waals surface area contributed by atoms with Crippen LogP contribution in [0, 0.1) is 0 Å². The molecule has 112 valence electrons. The summed E-state index contributed by atoms with van der Waals surface area (Å²) in [5.74, 6) is 0. The third kappa shape index (κ3) is 4.03. The quantitative estimate of drug-likeness (QED) is 0.918. The third-order valence-corrected chi connectivity index (χ3v) is 4.73. The van der Waals surface area contributed by atoms with Crippen molar-refractivity contribution < 1.29 is 8.42 Å². The number of nitrogens with one attached hydrogen (secondary N) is 1. The zero-order chi connectivity index (χ0) is 15.5. The number of nitrogens with zero attached hydrogens (tertiary/aromatic N) is 1. The molecule has 0 bridgehead atoms. The van der Waals surface area contributed by atoms with E-state index in [9.17, 15) is 8.42 Å². The van der Waals surface area contributed by atoms with E-state index in [-0.39, 0.29) is 10.9 Å². The van der Waals surface area contributed by atoms with Gasteiger partial charge in [0.15, 0.2) is 9.84 Å². The van der Waals surface area contributed by atoms with E-state index in [1.807, 2.05) is 25.1 Å². The molecule has 1 heterocycles. The molecule has 1 aromatic heterocycles. The summed E-state index contributed by atoms with van der Waals surface area (Å²) in [5, 5.41) is 3.70. The Labute approximate surface area is 130 Å². The van der Waals surface area contributed by atoms with Crippen molar-refractivity contribution in [1.82, 2.24) is 10.3 Å². The number of benzene rings is 1. The lowest BCUT2D eigenvalue weighted by Gasteiger charge is -2.16.